The zero-order chi connectivity index (χ0) is 15.8. The van der Waals surface area contributed by atoms with Crippen molar-refractivity contribution < 1.29 is 32.6 Å². The number of amides is 2. The molecule has 0 saturated heterocycles. The third kappa shape index (κ3) is 6.32. The van der Waals surface area contributed by atoms with Gasteiger partial charge in [-0.25, -0.2) is 4.79 Å². The lowest BCUT2D eigenvalue weighted by Gasteiger charge is -2.08. The van der Waals surface area contributed by atoms with E-state index >= 15 is 0 Å². The van der Waals surface area contributed by atoms with Gasteiger partial charge in [0.2, 0.25) is 5.91 Å². The van der Waals surface area contributed by atoms with E-state index in [1.54, 1.807) is 0 Å². The summed E-state index contributed by atoms with van der Waals surface area (Å²) in [6, 6.07) is 4.94. The minimum Gasteiger partial charge on any atom is -0.452 e. The molecule has 0 unspecified atom stereocenters. The second-order valence-corrected chi connectivity index (χ2v) is 3.71. The van der Waals surface area contributed by atoms with Crippen molar-refractivity contribution in [3.63, 3.8) is 0 Å². The van der Waals surface area contributed by atoms with Gasteiger partial charge in [0, 0.05) is 6.92 Å². The highest BCUT2D eigenvalue weighted by molar-refractivity contribution is 5.91. The van der Waals surface area contributed by atoms with Crippen molar-refractivity contribution in [2.24, 2.45) is 0 Å². The van der Waals surface area contributed by atoms with E-state index in [0.717, 1.165) is 6.07 Å². The number of halogens is 2. The molecule has 0 bridgehead atoms. The van der Waals surface area contributed by atoms with Gasteiger partial charge >= 0.3 is 12.6 Å². The van der Waals surface area contributed by atoms with Gasteiger partial charge in [-0.05, 0) is 18.2 Å². The van der Waals surface area contributed by atoms with Crippen LogP contribution in [0.1, 0.15) is 17.3 Å². The first-order valence-electron chi connectivity index (χ1n) is 5.66. The minimum absolute atomic E-state index is 0.0551. The van der Waals surface area contributed by atoms with E-state index in [1.807, 2.05) is 10.9 Å². The maximum atomic E-state index is 12.0. The van der Waals surface area contributed by atoms with Crippen LogP contribution in [0.25, 0.3) is 0 Å². The number of carbonyl (C=O) groups is 3. The van der Waals surface area contributed by atoms with E-state index in [9.17, 15) is 23.2 Å². The van der Waals surface area contributed by atoms with Crippen molar-refractivity contribution >= 4 is 17.8 Å². The smallest absolute Gasteiger partial charge is 0.387 e. The summed E-state index contributed by atoms with van der Waals surface area (Å²) in [4.78, 5) is 33.3. The van der Waals surface area contributed by atoms with Crippen molar-refractivity contribution in [2.45, 2.75) is 13.5 Å². The molecule has 0 aliphatic heterocycles. The molecule has 0 radical (unpaired) electrons. The number of alkyl halides is 2. The fourth-order valence-corrected chi connectivity index (χ4v) is 1.21. The highest BCUT2D eigenvalue weighted by Crippen LogP contribution is 2.16. The Morgan fingerprint density at radius 3 is 2.57 bits per heavy atom. The summed E-state index contributed by atoms with van der Waals surface area (Å²) in [5.74, 6) is -2.35. The van der Waals surface area contributed by atoms with E-state index in [4.69, 9.17) is 0 Å². The lowest BCUT2D eigenvalue weighted by atomic mass is 10.2. The molecular formula is C12H12F2N2O5. The summed E-state index contributed by atoms with van der Waals surface area (Å²) in [6.07, 6.45) is 0. The van der Waals surface area contributed by atoms with Gasteiger partial charge < -0.3 is 9.47 Å². The number of ether oxygens (including phenoxy) is 2. The predicted molar refractivity (Wildman–Crippen MR) is 65.3 cm³/mol. The highest BCUT2D eigenvalue weighted by atomic mass is 19.3. The van der Waals surface area contributed by atoms with E-state index < -0.39 is 31.0 Å². The molecule has 114 valence electrons. The number of hydrogen-bond acceptors (Lipinski definition) is 5. The largest absolute Gasteiger partial charge is 0.452 e. The van der Waals surface area contributed by atoms with Crippen LogP contribution in [-0.4, -0.2) is 31.0 Å². The number of benzene rings is 1. The van der Waals surface area contributed by atoms with Gasteiger partial charge in [-0.1, -0.05) is 6.07 Å². The number of hydrazine groups is 1. The Bertz CT molecular complexity index is 536. The van der Waals surface area contributed by atoms with E-state index in [1.165, 1.54) is 25.1 Å². The molecule has 2 N–H and O–H groups in total. The van der Waals surface area contributed by atoms with Crippen LogP contribution in [0, 0.1) is 0 Å². The molecule has 0 atom stereocenters. The highest BCUT2D eigenvalue weighted by Gasteiger charge is 2.12. The third-order valence-corrected chi connectivity index (χ3v) is 2.01. The van der Waals surface area contributed by atoms with Gasteiger partial charge in [-0.3, -0.25) is 20.4 Å². The molecule has 0 saturated carbocycles. The van der Waals surface area contributed by atoms with Crippen LogP contribution in [0.3, 0.4) is 0 Å². The Morgan fingerprint density at radius 1 is 1.24 bits per heavy atom. The molecule has 2 amide bonds. The lowest BCUT2D eigenvalue weighted by Crippen LogP contribution is -2.42. The van der Waals surface area contributed by atoms with Gasteiger partial charge in [0.1, 0.15) is 5.75 Å². The fourth-order valence-electron chi connectivity index (χ4n) is 1.21. The van der Waals surface area contributed by atoms with Crippen LogP contribution >= 0.6 is 0 Å². The minimum atomic E-state index is -3.01. The molecule has 0 fully saturated rings. The van der Waals surface area contributed by atoms with Crippen LogP contribution in [0.2, 0.25) is 0 Å². The van der Waals surface area contributed by atoms with Crippen LogP contribution in [0.4, 0.5) is 8.78 Å². The molecule has 0 aliphatic carbocycles. The van der Waals surface area contributed by atoms with E-state index in [-0.39, 0.29) is 11.3 Å². The number of carbonyl (C=O) groups excluding carboxylic acids is 3. The summed E-state index contributed by atoms with van der Waals surface area (Å²) in [5, 5.41) is 0. The normalized spacial score (nSPS) is 9.90. The zero-order valence-electron chi connectivity index (χ0n) is 10.9. The third-order valence-electron chi connectivity index (χ3n) is 2.01. The molecule has 1 rings (SSSR count). The molecule has 0 spiro atoms. The summed E-state index contributed by atoms with van der Waals surface area (Å²) in [7, 11) is 0. The maximum Gasteiger partial charge on any atom is 0.387 e. The number of hydrogen-bond donors (Lipinski definition) is 2. The summed E-state index contributed by atoms with van der Waals surface area (Å²) < 4.78 is 32.8. The first-order valence-corrected chi connectivity index (χ1v) is 5.66. The molecule has 0 aliphatic rings. The standard InChI is InChI=1S/C12H12F2N2O5/c1-7(17)15-16-10(18)6-20-11(19)8-3-2-4-9(5-8)21-12(13)14/h2-5,12H,6H2,1H3,(H,15,17)(H,16,18). The first kappa shape index (κ1) is 16.3. The lowest BCUT2D eigenvalue weighted by molar-refractivity contribution is -0.129. The van der Waals surface area contributed by atoms with Gasteiger partial charge in [0.25, 0.3) is 5.91 Å². The summed E-state index contributed by atoms with van der Waals surface area (Å²) in [6.45, 7) is -2.47. The van der Waals surface area contributed by atoms with Crippen molar-refractivity contribution in [1.82, 2.24) is 10.9 Å². The van der Waals surface area contributed by atoms with E-state index in [2.05, 4.69) is 9.47 Å². The fraction of sp³-hybridized carbons (Fsp3) is 0.250. The van der Waals surface area contributed by atoms with Crippen LogP contribution in [0.5, 0.6) is 5.75 Å². The SMILES string of the molecule is CC(=O)NNC(=O)COC(=O)c1cccc(OC(F)F)c1. The van der Waals surface area contributed by atoms with Crippen molar-refractivity contribution in [2.75, 3.05) is 6.61 Å². The maximum absolute atomic E-state index is 12.0. The molecule has 1 aromatic rings. The first-order chi connectivity index (χ1) is 9.88. The average Bonchev–Trinajstić information content (AvgIpc) is 2.42. The van der Waals surface area contributed by atoms with Gasteiger partial charge in [-0.2, -0.15) is 8.78 Å². The van der Waals surface area contributed by atoms with Crippen LogP contribution < -0.4 is 15.6 Å². The second kappa shape index (κ2) is 7.78. The molecule has 0 heterocycles. The Labute approximate surface area is 118 Å². The monoisotopic (exact) mass is 302 g/mol. The van der Waals surface area contributed by atoms with Crippen molar-refractivity contribution in [1.29, 1.82) is 0 Å². The van der Waals surface area contributed by atoms with Crippen LogP contribution in [-0.2, 0) is 14.3 Å². The van der Waals surface area contributed by atoms with Crippen molar-refractivity contribution in [3.05, 3.63) is 29.8 Å². The molecular weight excluding hydrogens is 290 g/mol. The Hall–Kier alpha value is -2.71. The van der Waals surface area contributed by atoms with Crippen molar-refractivity contribution in [3.8, 4) is 5.75 Å². The average molecular weight is 302 g/mol. The Kier molecular flexibility index (Phi) is 6.05. The molecule has 9 heteroatoms. The molecule has 21 heavy (non-hydrogen) atoms. The molecule has 7 nitrogen and oxygen atoms in total. The van der Waals surface area contributed by atoms with Gasteiger partial charge in [0.05, 0.1) is 5.56 Å². The Balaban J connectivity index is 2.52. The number of rotatable bonds is 5. The van der Waals surface area contributed by atoms with Gasteiger partial charge in [0.15, 0.2) is 6.61 Å². The second-order valence-electron chi connectivity index (χ2n) is 3.71. The number of esters is 1. The summed E-state index contributed by atoms with van der Waals surface area (Å²) >= 11 is 0. The van der Waals surface area contributed by atoms with Gasteiger partial charge in [-0.15, -0.1) is 0 Å². The molecule has 0 aromatic heterocycles. The summed E-state index contributed by atoms with van der Waals surface area (Å²) in [5.41, 5.74) is 3.94. The van der Waals surface area contributed by atoms with E-state index in [0.29, 0.717) is 0 Å². The number of nitrogens with one attached hydrogen (secondary N) is 2. The zero-order valence-corrected chi connectivity index (χ0v) is 10.9. The predicted octanol–water partition coefficient (Wildman–Crippen LogP) is 0.612. The topological polar surface area (TPSA) is 93.7 Å². The van der Waals surface area contributed by atoms with Crippen LogP contribution in [0.15, 0.2) is 24.3 Å². The quantitative estimate of drug-likeness (QED) is 0.614. The molecule has 1 aromatic carbocycles. The Morgan fingerprint density at radius 2 is 1.95 bits per heavy atom.